The molecule has 0 spiro atoms. The number of carbonyl (C=O) groups excluding carboxylic acids is 4. The SMILES string of the molecule is CC(=O)N1CCC(NC(=O)c2cc(F)cnc2Cl)CC1.CC(=O)N1CCC(NC(=O)c2cc(F)cnc2Oc2ccc3c(c2)OCCS3)CC1. The van der Waals surface area contributed by atoms with Crippen molar-refractivity contribution in [2.45, 2.75) is 56.5 Å². The minimum Gasteiger partial charge on any atom is -0.491 e. The van der Waals surface area contributed by atoms with Crippen molar-refractivity contribution < 1.29 is 37.4 Å². The second kappa shape index (κ2) is 16.9. The molecule has 50 heavy (non-hydrogen) atoms. The molecule has 2 N–H and O–H groups in total. The Morgan fingerprint density at radius 3 is 1.96 bits per heavy atom. The number of rotatable bonds is 6. The predicted octanol–water partition coefficient (Wildman–Crippen LogP) is 4.85. The first-order chi connectivity index (χ1) is 24.0. The van der Waals surface area contributed by atoms with Crippen LogP contribution in [-0.2, 0) is 9.59 Å². The Labute approximate surface area is 297 Å². The van der Waals surface area contributed by atoms with Gasteiger partial charge in [0.2, 0.25) is 17.7 Å². The molecule has 2 saturated heterocycles. The number of hydrogen-bond donors (Lipinski definition) is 2. The van der Waals surface area contributed by atoms with Gasteiger partial charge in [0, 0.05) is 68.8 Å². The second-order valence-electron chi connectivity index (χ2n) is 11.9. The number of nitrogens with zero attached hydrogens (tertiary/aromatic N) is 4. The van der Waals surface area contributed by atoms with Gasteiger partial charge in [0.1, 0.15) is 33.9 Å². The van der Waals surface area contributed by atoms with Crippen LogP contribution >= 0.6 is 23.4 Å². The van der Waals surface area contributed by atoms with Crippen molar-refractivity contribution in [2.75, 3.05) is 38.5 Å². The number of piperidine rings is 2. The molecule has 0 aliphatic carbocycles. The Hall–Kier alpha value is -4.50. The van der Waals surface area contributed by atoms with Crippen molar-refractivity contribution in [3.63, 3.8) is 0 Å². The van der Waals surface area contributed by atoms with Crippen LogP contribution in [0.2, 0.25) is 5.15 Å². The van der Waals surface area contributed by atoms with E-state index in [1.165, 1.54) is 13.8 Å². The summed E-state index contributed by atoms with van der Waals surface area (Å²) in [7, 11) is 0. The van der Waals surface area contributed by atoms with Gasteiger partial charge in [-0.05, 0) is 49.9 Å². The van der Waals surface area contributed by atoms with Gasteiger partial charge in [0.25, 0.3) is 11.8 Å². The Morgan fingerprint density at radius 1 is 0.840 bits per heavy atom. The molecule has 16 heteroatoms. The molecule has 3 aliphatic rings. The van der Waals surface area contributed by atoms with Gasteiger partial charge >= 0.3 is 0 Å². The first kappa shape index (κ1) is 36.8. The van der Waals surface area contributed by atoms with Crippen molar-refractivity contribution in [3.05, 3.63) is 70.6 Å². The van der Waals surface area contributed by atoms with Gasteiger partial charge in [0.15, 0.2) is 0 Å². The van der Waals surface area contributed by atoms with E-state index in [0.29, 0.717) is 70.0 Å². The highest BCUT2D eigenvalue weighted by Crippen LogP contribution is 2.37. The van der Waals surface area contributed by atoms with Crippen LogP contribution in [0.5, 0.6) is 17.4 Å². The number of hydrogen-bond acceptors (Lipinski definition) is 9. The van der Waals surface area contributed by atoms with E-state index in [1.54, 1.807) is 33.7 Å². The van der Waals surface area contributed by atoms with Gasteiger partial charge in [-0.1, -0.05) is 11.6 Å². The monoisotopic (exact) mass is 730 g/mol. The van der Waals surface area contributed by atoms with Gasteiger partial charge < -0.3 is 29.9 Å². The van der Waals surface area contributed by atoms with Gasteiger partial charge in [0.05, 0.1) is 24.6 Å². The predicted molar refractivity (Wildman–Crippen MR) is 182 cm³/mol. The highest BCUT2D eigenvalue weighted by molar-refractivity contribution is 7.99. The highest BCUT2D eigenvalue weighted by Gasteiger charge is 2.26. The Morgan fingerprint density at radius 2 is 1.38 bits per heavy atom. The summed E-state index contributed by atoms with van der Waals surface area (Å²) >= 11 is 7.48. The largest absolute Gasteiger partial charge is 0.491 e. The Kier molecular flexibility index (Phi) is 12.5. The topological polar surface area (TPSA) is 143 Å². The summed E-state index contributed by atoms with van der Waals surface area (Å²) in [6, 6.07) is 7.44. The van der Waals surface area contributed by atoms with Crippen molar-refractivity contribution in [1.29, 1.82) is 0 Å². The number of benzene rings is 1. The Balaban J connectivity index is 0.000000211. The third-order valence-corrected chi connectivity index (χ3v) is 9.71. The van der Waals surface area contributed by atoms with E-state index in [9.17, 15) is 28.0 Å². The average Bonchev–Trinajstić information content (AvgIpc) is 3.10. The molecule has 3 aliphatic heterocycles. The van der Waals surface area contributed by atoms with Crippen molar-refractivity contribution in [3.8, 4) is 17.4 Å². The number of likely N-dealkylation sites (tertiary alicyclic amines) is 2. The molecule has 0 saturated carbocycles. The van der Waals surface area contributed by atoms with Crippen LogP contribution in [0.4, 0.5) is 8.78 Å². The van der Waals surface area contributed by atoms with Gasteiger partial charge in [-0.3, -0.25) is 19.2 Å². The number of thioether (sulfide) groups is 1. The van der Waals surface area contributed by atoms with E-state index in [2.05, 4.69) is 20.6 Å². The average molecular weight is 731 g/mol. The quantitative estimate of drug-likeness (QED) is 0.340. The van der Waals surface area contributed by atoms with Crippen LogP contribution in [0.1, 0.15) is 60.2 Å². The van der Waals surface area contributed by atoms with Gasteiger partial charge in [-0.15, -0.1) is 11.8 Å². The normalized spacial score (nSPS) is 16.3. The summed E-state index contributed by atoms with van der Waals surface area (Å²) < 4.78 is 38.4. The lowest BCUT2D eigenvalue weighted by molar-refractivity contribution is -0.130. The molecule has 12 nitrogen and oxygen atoms in total. The van der Waals surface area contributed by atoms with Crippen LogP contribution in [-0.4, -0.2) is 94.0 Å². The van der Waals surface area contributed by atoms with E-state index in [0.717, 1.165) is 35.2 Å². The number of ether oxygens (including phenoxy) is 2. The van der Waals surface area contributed by atoms with Crippen LogP contribution in [0.15, 0.2) is 47.6 Å². The number of carbonyl (C=O) groups is 4. The van der Waals surface area contributed by atoms with E-state index >= 15 is 0 Å². The molecule has 4 amide bonds. The van der Waals surface area contributed by atoms with E-state index in [1.807, 2.05) is 6.07 Å². The van der Waals surface area contributed by atoms with Crippen molar-refractivity contribution in [2.24, 2.45) is 0 Å². The summed E-state index contributed by atoms with van der Waals surface area (Å²) in [5, 5.41) is 5.68. The lowest BCUT2D eigenvalue weighted by Crippen LogP contribution is -2.46. The maximum atomic E-state index is 13.8. The van der Waals surface area contributed by atoms with Gasteiger partial charge in [-0.25, -0.2) is 18.7 Å². The van der Waals surface area contributed by atoms with Crippen LogP contribution in [0, 0.1) is 11.6 Å². The molecule has 5 heterocycles. The zero-order chi connectivity index (χ0) is 35.8. The molecule has 0 unspecified atom stereocenters. The Bertz CT molecular complexity index is 1740. The van der Waals surface area contributed by atoms with Crippen molar-refractivity contribution in [1.82, 2.24) is 30.4 Å². The van der Waals surface area contributed by atoms with Gasteiger partial charge in [-0.2, -0.15) is 0 Å². The lowest BCUT2D eigenvalue weighted by Gasteiger charge is -2.31. The minimum atomic E-state index is -0.621. The molecule has 2 fully saturated rings. The number of nitrogens with one attached hydrogen (secondary N) is 2. The zero-order valence-electron chi connectivity index (χ0n) is 27.5. The molecule has 1 aromatic carbocycles. The lowest BCUT2D eigenvalue weighted by atomic mass is 10.0. The molecule has 3 aromatic rings. The van der Waals surface area contributed by atoms with Crippen molar-refractivity contribution >= 4 is 47.0 Å². The van der Waals surface area contributed by atoms with E-state index in [-0.39, 0.29) is 46.1 Å². The highest BCUT2D eigenvalue weighted by atomic mass is 35.5. The fourth-order valence-corrected chi connectivity index (χ4v) is 6.66. The summed E-state index contributed by atoms with van der Waals surface area (Å²) in [6.07, 6.45) is 4.61. The summed E-state index contributed by atoms with van der Waals surface area (Å²) in [5.41, 5.74) is 0.0534. The first-order valence-corrected chi connectivity index (χ1v) is 17.5. The standard InChI is InChI=1S/C21H22FN3O4S.C13H15ClFN3O2/c1-13(26)25-6-4-15(5-7-25)24-20(27)17-10-14(22)12-23-21(17)29-16-2-3-19-18(11-16)28-8-9-30-19;1-8(19)18-4-2-10(3-5-18)17-13(20)11-6-9(15)7-16-12(11)14/h2-3,10-12,15H,4-9H2,1H3,(H,24,27);6-7,10H,2-5H2,1H3,(H,17,20). The molecule has 0 atom stereocenters. The van der Waals surface area contributed by atoms with Crippen LogP contribution in [0.25, 0.3) is 0 Å². The maximum Gasteiger partial charge on any atom is 0.257 e. The maximum absolute atomic E-state index is 13.8. The molecular weight excluding hydrogens is 694 g/mol. The molecule has 0 radical (unpaired) electrons. The number of pyridine rings is 2. The summed E-state index contributed by atoms with van der Waals surface area (Å²) in [5.74, 6) is 0.0278. The molecular formula is C34H37ClF2N6O6S. The second-order valence-corrected chi connectivity index (χ2v) is 13.4. The first-order valence-electron chi connectivity index (χ1n) is 16.1. The van der Waals surface area contributed by atoms with Crippen LogP contribution in [0.3, 0.4) is 0 Å². The molecule has 6 rings (SSSR count). The number of fused-ring (bicyclic) bond motifs is 1. The fraction of sp³-hybridized carbons (Fsp3) is 0.412. The third-order valence-electron chi connectivity index (χ3n) is 8.39. The molecule has 266 valence electrons. The summed E-state index contributed by atoms with van der Waals surface area (Å²) in [6.45, 7) is 6.05. The molecule has 0 bridgehead atoms. The van der Waals surface area contributed by atoms with E-state index < -0.39 is 23.4 Å². The number of aromatic nitrogens is 2. The van der Waals surface area contributed by atoms with Crippen LogP contribution < -0.4 is 20.1 Å². The minimum absolute atomic E-state index is 0.0231. The molecule has 2 aromatic heterocycles. The fourth-order valence-electron chi connectivity index (χ4n) is 5.66. The third kappa shape index (κ3) is 9.81. The number of halogens is 3. The smallest absolute Gasteiger partial charge is 0.257 e. The number of amides is 4. The zero-order valence-corrected chi connectivity index (χ0v) is 29.1. The van der Waals surface area contributed by atoms with E-state index in [4.69, 9.17) is 21.1 Å². The summed E-state index contributed by atoms with van der Waals surface area (Å²) in [4.78, 5) is 59.6.